The predicted octanol–water partition coefficient (Wildman–Crippen LogP) is 3.38. The quantitative estimate of drug-likeness (QED) is 0.668. The SMILES string of the molecule is COc1ccc(Cl)cc1C(=O)N1CCCC1C(=O)Nc1ccc(S(=O)(=O)N2CCCC2)cc1. The van der Waals surface area contributed by atoms with E-state index in [9.17, 15) is 18.0 Å². The van der Waals surface area contributed by atoms with Crippen LogP contribution in [0.15, 0.2) is 47.4 Å². The van der Waals surface area contributed by atoms with Gasteiger partial charge in [0.1, 0.15) is 11.8 Å². The fourth-order valence-electron chi connectivity index (χ4n) is 4.30. The highest BCUT2D eigenvalue weighted by molar-refractivity contribution is 7.89. The Morgan fingerprint density at radius 1 is 1.03 bits per heavy atom. The summed E-state index contributed by atoms with van der Waals surface area (Å²) < 4.78 is 32.1. The first-order valence-electron chi connectivity index (χ1n) is 10.9. The number of halogens is 1. The number of hydrogen-bond donors (Lipinski definition) is 1. The number of ether oxygens (including phenoxy) is 1. The van der Waals surface area contributed by atoms with Gasteiger partial charge in [-0.1, -0.05) is 11.6 Å². The van der Waals surface area contributed by atoms with Crippen molar-refractivity contribution in [3.05, 3.63) is 53.1 Å². The maximum atomic E-state index is 13.2. The van der Waals surface area contributed by atoms with Gasteiger partial charge in [0.15, 0.2) is 0 Å². The van der Waals surface area contributed by atoms with Crippen LogP contribution in [-0.2, 0) is 14.8 Å². The van der Waals surface area contributed by atoms with Gasteiger partial charge in [0.05, 0.1) is 17.6 Å². The maximum absolute atomic E-state index is 13.2. The van der Waals surface area contributed by atoms with Gasteiger partial charge in [-0.2, -0.15) is 4.31 Å². The molecule has 176 valence electrons. The highest BCUT2D eigenvalue weighted by Crippen LogP contribution is 2.28. The Labute approximate surface area is 198 Å². The lowest BCUT2D eigenvalue weighted by molar-refractivity contribution is -0.119. The summed E-state index contributed by atoms with van der Waals surface area (Å²) in [4.78, 5) is 27.9. The highest BCUT2D eigenvalue weighted by Gasteiger charge is 2.36. The molecule has 4 rings (SSSR count). The number of methoxy groups -OCH3 is 1. The average Bonchev–Trinajstić information content (AvgIpc) is 3.51. The minimum Gasteiger partial charge on any atom is -0.496 e. The van der Waals surface area contributed by atoms with Crippen LogP contribution in [0.5, 0.6) is 5.75 Å². The van der Waals surface area contributed by atoms with Crippen LogP contribution in [0.3, 0.4) is 0 Å². The van der Waals surface area contributed by atoms with E-state index in [1.807, 2.05) is 0 Å². The lowest BCUT2D eigenvalue weighted by Gasteiger charge is -2.25. The summed E-state index contributed by atoms with van der Waals surface area (Å²) in [5.41, 5.74) is 0.779. The number of likely N-dealkylation sites (tertiary alicyclic amines) is 1. The average molecular weight is 492 g/mol. The van der Waals surface area contributed by atoms with Crippen molar-refractivity contribution in [1.29, 1.82) is 0 Å². The fourth-order valence-corrected chi connectivity index (χ4v) is 5.99. The molecule has 1 N–H and O–H groups in total. The van der Waals surface area contributed by atoms with Crippen molar-refractivity contribution < 1.29 is 22.7 Å². The molecular formula is C23H26ClN3O5S. The lowest BCUT2D eigenvalue weighted by atomic mass is 10.1. The van der Waals surface area contributed by atoms with E-state index in [-0.39, 0.29) is 16.7 Å². The zero-order valence-corrected chi connectivity index (χ0v) is 19.9. The molecule has 10 heteroatoms. The molecule has 2 aromatic rings. The standard InChI is InChI=1S/C23H26ClN3O5S/c1-32-21-11-6-16(24)15-19(21)23(29)27-14-4-5-20(27)22(28)25-17-7-9-18(10-8-17)33(30,31)26-12-2-3-13-26/h6-11,15,20H,2-5,12-14H2,1H3,(H,25,28). The van der Waals surface area contributed by atoms with Crippen LogP contribution in [0.2, 0.25) is 5.02 Å². The van der Waals surface area contributed by atoms with E-state index in [2.05, 4.69) is 5.32 Å². The smallest absolute Gasteiger partial charge is 0.258 e. The molecule has 1 atom stereocenters. The minimum atomic E-state index is -3.52. The van der Waals surface area contributed by atoms with Gasteiger partial charge in [-0.3, -0.25) is 9.59 Å². The Morgan fingerprint density at radius 3 is 2.39 bits per heavy atom. The number of carbonyl (C=O) groups excluding carboxylic acids is 2. The lowest BCUT2D eigenvalue weighted by Crippen LogP contribution is -2.43. The third kappa shape index (κ3) is 4.85. The van der Waals surface area contributed by atoms with Crippen LogP contribution in [0.1, 0.15) is 36.0 Å². The molecule has 0 saturated carbocycles. The van der Waals surface area contributed by atoms with Gasteiger partial charge >= 0.3 is 0 Å². The van der Waals surface area contributed by atoms with Crippen molar-refractivity contribution in [3.63, 3.8) is 0 Å². The van der Waals surface area contributed by atoms with Gasteiger partial charge in [-0.05, 0) is 68.1 Å². The molecule has 2 saturated heterocycles. The largest absolute Gasteiger partial charge is 0.496 e. The molecule has 2 fully saturated rings. The Bertz CT molecular complexity index is 1150. The molecule has 0 radical (unpaired) electrons. The third-order valence-electron chi connectivity index (χ3n) is 6.03. The Morgan fingerprint density at radius 2 is 1.73 bits per heavy atom. The second-order valence-corrected chi connectivity index (χ2v) is 10.5. The Kier molecular flexibility index (Phi) is 6.92. The molecule has 2 heterocycles. The fraction of sp³-hybridized carbons (Fsp3) is 0.391. The van der Waals surface area contributed by atoms with Crippen molar-refractivity contribution in [2.75, 3.05) is 32.1 Å². The van der Waals surface area contributed by atoms with Crippen molar-refractivity contribution in [3.8, 4) is 5.75 Å². The van der Waals surface area contributed by atoms with Crippen LogP contribution in [0.25, 0.3) is 0 Å². The summed E-state index contributed by atoms with van der Waals surface area (Å²) >= 11 is 6.07. The van der Waals surface area contributed by atoms with Gasteiger partial charge in [-0.15, -0.1) is 0 Å². The third-order valence-corrected chi connectivity index (χ3v) is 8.18. The van der Waals surface area contributed by atoms with Gasteiger partial charge in [0.2, 0.25) is 15.9 Å². The van der Waals surface area contributed by atoms with E-state index in [1.165, 1.54) is 34.5 Å². The molecule has 0 aliphatic carbocycles. The molecule has 2 amide bonds. The molecule has 0 bridgehead atoms. The van der Waals surface area contributed by atoms with Crippen molar-refractivity contribution >= 4 is 39.1 Å². The van der Waals surface area contributed by atoms with Crippen LogP contribution in [-0.4, -0.2) is 62.2 Å². The monoisotopic (exact) mass is 491 g/mol. The number of amides is 2. The Hall–Kier alpha value is -2.62. The number of benzene rings is 2. The topological polar surface area (TPSA) is 96.0 Å². The number of anilines is 1. The van der Waals surface area contributed by atoms with Gasteiger partial charge < -0.3 is 15.0 Å². The zero-order chi connectivity index (χ0) is 23.6. The number of rotatable bonds is 6. The number of sulfonamides is 1. The second kappa shape index (κ2) is 9.70. The first-order valence-corrected chi connectivity index (χ1v) is 12.7. The van der Waals surface area contributed by atoms with Crippen LogP contribution in [0, 0.1) is 0 Å². The second-order valence-electron chi connectivity index (χ2n) is 8.13. The molecule has 33 heavy (non-hydrogen) atoms. The van der Waals surface area contributed by atoms with Gasteiger partial charge in [-0.25, -0.2) is 8.42 Å². The highest BCUT2D eigenvalue weighted by atomic mass is 35.5. The molecule has 2 aliphatic heterocycles. The molecule has 0 spiro atoms. The van der Waals surface area contributed by atoms with Gasteiger partial charge in [0, 0.05) is 30.3 Å². The van der Waals surface area contributed by atoms with E-state index in [0.717, 1.165) is 12.8 Å². The summed E-state index contributed by atoms with van der Waals surface area (Å²) in [6.07, 6.45) is 2.96. The molecule has 2 aromatic carbocycles. The van der Waals surface area contributed by atoms with E-state index < -0.39 is 16.1 Å². The van der Waals surface area contributed by atoms with Crippen molar-refractivity contribution in [1.82, 2.24) is 9.21 Å². The Balaban J connectivity index is 1.47. The summed E-state index contributed by atoms with van der Waals surface area (Å²) in [6.45, 7) is 1.51. The van der Waals surface area contributed by atoms with Crippen LogP contribution < -0.4 is 10.1 Å². The zero-order valence-electron chi connectivity index (χ0n) is 18.3. The molecule has 1 unspecified atom stereocenters. The number of nitrogens with zero attached hydrogens (tertiary/aromatic N) is 2. The first kappa shape index (κ1) is 23.5. The van der Waals surface area contributed by atoms with Gasteiger partial charge in [0.25, 0.3) is 5.91 Å². The first-order chi connectivity index (χ1) is 15.8. The van der Waals surface area contributed by atoms with E-state index in [4.69, 9.17) is 16.3 Å². The predicted molar refractivity (Wildman–Crippen MR) is 125 cm³/mol. The summed E-state index contributed by atoms with van der Waals surface area (Å²) in [5.74, 6) is -0.249. The molecule has 8 nitrogen and oxygen atoms in total. The van der Waals surface area contributed by atoms with Crippen LogP contribution >= 0.6 is 11.6 Å². The van der Waals surface area contributed by atoms with E-state index in [1.54, 1.807) is 24.3 Å². The number of carbonyl (C=O) groups is 2. The summed E-state index contributed by atoms with van der Waals surface area (Å²) in [5, 5.41) is 3.22. The van der Waals surface area contributed by atoms with Crippen molar-refractivity contribution in [2.24, 2.45) is 0 Å². The molecular weight excluding hydrogens is 466 g/mol. The number of hydrogen-bond acceptors (Lipinski definition) is 5. The molecule has 2 aliphatic rings. The summed E-state index contributed by atoms with van der Waals surface area (Å²) in [6, 6.07) is 10.3. The number of nitrogens with one attached hydrogen (secondary N) is 1. The normalized spacial score (nSPS) is 19.0. The van der Waals surface area contributed by atoms with Crippen molar-refractivity contribution in [2.45, 2.75) is 36.6 Å². The minimum absolute atomic E-state index is 0.202. The van der Waals surface area contributed by atoms with Crippen LogP contribution in [0.4, 0.5) is 5.69 Å². The maximum Gasteiger partial charge on any atom is 0.258 e. The summed E-state index contributed by atoms with van der Waals surface area (Å²) in [7, 11) is -2.04. The van der Waals surface area contributed by atoms with E-state index >= 15 is 0 Å². The van der Waals surface area contributed by atoms with E-state index in [0.29, 0.717) is 54.5 Å². The molecule has 0 aromatic heterocycles.